The molecule has 1 atom stereocenters. The van der Waals surface area contributed by atoms with Crippen LogP contribution in [0.15, 0.2) is 6.20 Å². The van der Waals surface area contributed by atoms with Crippen LogP contribution in [0, 0.1) is 0 Å². The van der Waals surface area contributed by atoms with Crippen LogP contribution in [0.2, 0.25) is 0 Å². The molecule has 1 aromatic rings. The zero-order valence-electron chi connectivity index (χ0n) is 9.42. The SMILES string of the molecule is CCC(C)n1ncc(CCl)c1C(C)C. The van der Waals surface area contributed by atoms with Crippen molar-refractivity contribution in [2.75, 3.05) is 0 Å². The second-order valence-corrected chi connectivity index (χ2v) is 4.31. The lowest BCUT2D eigenvalue weighted by atomic mass is 10.1. The van der Waals surface area contributed by atoms with Crippen molar-refractivity contribution in [3.8, 4) is 0 Å². The topological polar surface area (TPSA) is 17.8 Å². The van der Waals surface area contributed by atoms with Gasteiger partial charge in [0.25, 0.3) is 0 Å². The summed E-state index contributed by atoms with van der Waals surface area (Å²) in [7, 11) is 0. The first kappa shape index (κ1) is 11.6. The van der Waals surface area contributed by atoms with Gasteiger partial charge >= 0.3 is 0 Å². The Labute approximate surface area is 91.3 Å². The third-order valence-electron chi connectivity index (χ3n) is 2.61. The van der Waals surface area contributed by atoms with E-state index in [1.165, 1.54) is 11.3 Å². The molecule has 0 bridgehead atoms. The van der Waals surface area contributed by atoms with Crippen molar-refractivity contribution >= 4 is 11.6 Å². The number of hydrogen-bond donors (Lipinski definition) is 0. The van der Waals surface area contributed by atoms with Gasteiger partial charge in [0.1, 0.15) is 0 Å². The van der Waals surface area contributed by atoms with E-state index in [0.717, 1.165) is 6.42 Å². The highest BCUT2D eigenvalue weighted by Gasteiger charge is 2.16. The molecule has 0 saturated heterocycles. The molecular weight excluding hydrogens is 196 g/mol. The van der Waals surface area contributed by atoms with Crippen LogP contribution in [0.4, 0.5) is 0 Å². The molecule has 0 aliphatic carbocycles. The summed E-state index contributed by atoms with van der Waals surface area (Å²) in [6.45, 7) is 8.74. The first-order valence-corrected chi connectivity index (χ1v) is 5.77. The second-order valence-electron chi connectivity index (χ2n) is 4.05. The number of nitrogens with zero attached hydrogens (tertiary/aromatic N) is 2. The lowest BCUT2D eigenvalue weighted by Crippen LogP contribution is -2.11. The molecule has 14 heavy (non-hydrogen) atoms. The predicted molar refractivity (Wildman–Crippen MR) is 60.9 cm³/mol. The summed E-state index contributed by atoms with van der Waals surface area (Å²) in [4.78, 5) is 0. The summed E-state index contributed by atoms with van der Waals surface area (Å²) in [5.41, 5.74) is 2.45. The first-order valence-electron chi connectivity index (χ1n) is 5.24. The van der Waals surface area contributed by atoms with Crippen LogP contribution in [0.3, 0.4) is 0 Å². The maximum absolute atomic E-state index is 5.88. The molecule has 0 aromatic carbocycles. The van der Waals surface area contributed by atoms with Crippen LogP contribution >= 0.6 is 11.6 Å². The van der Waals surface area contributed by atoms with Crippen LogP contribution in [-0.4, -0.2) is 9.78 Å². The molecule has 80 valence electrons. The normalized spacial score (nSPS) is 13.6. The number of rotatable bonds is 4. The Kier molecular flexibility index (Phi) is 3.99. The standard InChI is InChI=1S/C11H19ClN2/c1-5-9(4)14-11(8(2)3)10(6-12)7-13-14/h7-9H,5-6H2,1-4H3. The highest BCUT2D eigenvalue weighted by Crippen LogP contribution is 2.24. The third kappa shape index (κ3) is 2.11. The van der Waals surface area contributed by atoms with Crippen molar-refractivity contribution in [2.24, 2.45) is 0 Å². The van der Waals surface area contributed by atoms with Gasteiger partial charge in [0.15, 0.2) is 0 Å². The summed E-state index contributed by atoms with van der Waals surface area (Å²) in [6, 6.07) is 0.462. The minimum atomic E-state index is 0.462. The van der Waals surface area contributed by atoms with Crippen molar-refractivity contribution < 1.29 is 0 Å². The van der Waals surface area contributed by atoms with Gasteiger partial charge in [-0.15, -0.1) is 11.6 Å². The molecule has 3 heteroatoms. The number of aromatic nitrogens is 2. The fourth-order valence-electron chi connectivity index (χ4n) is 1.67. The van der Waals surface area contributed by atoms with E-state index in [1.807, 2.05) is 6.20 Å². The van der Waals surface area contributed by atoms with E-state index in [2.05, 4.69) is 37.5 Å². The summed E-state index contributed by atoms with van der Waals surface area (Å²) >= 11 is 5.88. The van der Waals surface area contributed by atoms with E-state index in [-0.39, 0.29) is 0 Å². The first-order chi connectivity index (χ1) is 6.61. The van der Waals surface area contributed by atoms with E-state index < -0.39 is 0 Å². The van der Waals surface area contributed by atoms with E-state index in [4.69, 9.17) is 11.6 Å². The van der Waals surface area contributed by atoms with Crippen LogP contribution < -0.4 is 0 Å². The van der Waals surface area contributed by atoms with Crippen molar-refractivity contribution in [3.05, 3.63) is 17.5 Å². The zero-order valence-corrected chi connectivity index (χ0v) is 10.2. The van der Waals surface area contributed by atoms with Gasteiger partial charge < -0.3 is 0 Å². The Hall–Kier alpha value is -0.500. The molecule has 1 unspecified atom stereocenters. The number of alkyl halides is 1. The molecule has 0 aliphatic rings. The summed E-state index contributed by atoms with van der Waals surface area (Å²) < 4.78 is 2.11. The van der Waals surface area contributed by atoms with Crippen molar-refractivity contribution in [1.29, 1.82) is 0 Å². The number of halogens is 1. The van der Waals surface area contributed by atoms with Crippen LogP contribution in [0.1, 0.15) is 57.3 Å². The molecule has 0 N–H and O–H groups in total. The minimum absolute atomic E-state index is 0.462. The van der Waals surface area contributed by atoms with Gasteiger partial charge in [0.05, 0.1) is 12.1 Å². The fraction of sp³-hybridized carbons (Fsp3) is 0.727. The Morgan fingerprint density at radius 1 is 1.43 bits per heavy atom. The molecule has 0 spiro atoms. The van der Waals surface area contributed by atoms with Gasteiger partial charge in [-0.2, -0.15) is 5.10 Å². The van der Waals surface area contributed by atoms with Crippen molar-refractivity contribution in [3.63, 3.8) is 0 Å². The molecule has 1 aromatic heterocycles. The summed E-state index contributed by atoms with van der Waals surface area (Å²) in [6.07, 6.45) is 3.00. The Morgan fingerprint density at radius 2 is 2.07 bits per heavy atom. The van der Waals surface area contributed by atoms with Gasteiger partial charge in [0.2, 0.25) is 0 Å². The molecule has 1 rings (SSSR count). The number of hydrogen-bond acceptors (Lipinski definition) is 1. The molecule has 0 saturated carbocycles. The van der Waals surface area contributed by atoms with Crippen molar-refractivity contribution in [1.82, 2.24) is 9.78 Å². The maximum Gasteiger partial charge on any atom is 0.0537 e. The van der Waals surface area contributed by atoms with E-state index >= 15 is 0 Å². The monoisotopic (exact) mass is 214 g/mol. The quantitative estimate of drug-likeness (QED) is 0.699. The van der Waals surface area contributed by atoms with Crippen molar-refractivity contribution in [2.45, 2.75) is 52.0 Å². The zero-order chi connectivity index (χ0) is 10.7. The minimum Gasteiger partial charge on any atom is -0.266 e. The van der Waals surface area contributed by atoms with E-state index in [0.29, 0.717) is 17.8 Å². The van der Waals surface area contributed by atoms with Gasteiger partial charge in [-0.1, -0.05) is 20.8 Å². The summed E-state index contributed by atoms with van der Waals surface area (Å²) in [5, 5.41) is 4.41. The Morgan fingerprint density at radius 3 is 2.50 bits per heavy atom. The molecule has 0 fully saturated rings. The predicted octanol–water partition coefficient (Wildman–Crippen LogP) is 3.72. The van der Waals surface area contributed by atoms with E-state index in [1.54, 1.807) is 0 Å². The van der Waals surface area contributed by atoms with Gasteiger partial charge in [-0.05, 0) is 19.3 Å². The molecule has 0 amide bonds. The lowest BCUT2D eigenvalue weighted by molar-refractivity contribution is 0.451. The van der Waals surface area contributed by atoms with Crippen LogP contribution in [-0.2, 0) is 5.88 Å². The molecule has 0 radical (unpaired) electrons. The second kappa shape index (κ2) is 4.83. The third-order valence-corrected chi connectivity index (χ3v) is 2.90. The van der Waals surface area contributed by atoms with Crippen LogP contribution in [0.25, 0.3) is 0 Å². The maximum atomic E-state index is 5.88. The molecular formula is C11H19ClN2. The smallest absolute Gasteiger partial charge is 0.0537 e. The highest BCUT2D eigenvalue weighted by atomic mass is 35.5. The molecule has 0 aliphatic heterocycles. The molecule has 2 nitrogen and oxygen atoms in total. The average Bonchev–Trinajstić information content (AvgIpc) is 2.59. The largest absolute Gasteiger partial charge is 0.266 e. The van der Waals surface area contributed by atoms with Gasteiger partial charge in [-0.25, -0.2) is 0 Å². The summed E-state index contributed by atoms with van der Waals surface area (Å²) in [5.74, 6) is 1.05. The van der Waals surface area contributed by atoms with E-state index in [9.17, 15) is 0 Å². The Balaban J connectivity index is 3.10. The Bertz CT molecular complexity index is 291. The van der Waals surface area contributed by atoms with Gasteiger partial charge in [-0.3, -0.25) is 4.68 Å². The van der Waals surface area contributed by atoms with Crippen LogP contribution in [0.5, 0.6) is 0 Å². The highest BCUT2D eigenvalue weighted by molar-refractivity contribution is 6.17. The average molecular weight is 215 g/mol. The fourth-order valence-corrected chi connectivity index (χ4v) is 1.88. The molecule has 1 heterocycles. The lowest BCUT2D eigenvalue weighted by Gasteiger charge is -2.16. The van der Waals surface area contributed by atoms with Gasteiger partial charge in [0, 0.05) is 17.3 Å².